The number of allylic oxidation sites excluding steroid dienone is 1. The number of nitrogens with two attached hydrogens (primary N) is 2. The largest absolute Gasteiger partial charge is 0.376 e. The van der Waals surface area contributed by atoms with E-state index in [1.807, 2.05) is 24.5 Å². The molecule has 58 heavy (non-hydrogen) atoms. The number of hydrogen-bond donors (Lipinski definition) is 2. The Balaban J connectivity index is 0.000000150. The van der Waals surface area contributed by atoms with E-state index in [0.717, 1.165) is 116 Å². The monoisotopic (exact) mass is 860 g/mol. The van der Waals surface area contributed by atoms with Crippen LogP contribution in [0.15, 0.2) is 53.9 Å². The number of benzene rings is 1. The quantitative estimate of drug-likeness (QED) is 0.194. The van der Waals surface area contributed by atoms with Crippen LogP contribution in [0.3, 0.4) is 0 Å². The van der Waals surface area contributed by atoms with Crippen molar-refractivity contribution in [3.05, 3.63) is 103 Å². The van der Waals surface area contributed by atoms with Gasteiger partial charge in [0.25, 0.3) is 0 Å². The average Bonchev–Trinajstić information content (AvgIpc) is 4.00. The van der Waals surface area contributed by atoms with Gasteiger partial charge in [-0.1, -0.05) is 71.5 Å². The van der Waals surface area contributed by atoms with Crippen LogP contribution in [-0.4, -0.2) is 81.6 Å². The summed E-state index contributed by atoms with van der Waals surface area (Å²) in [5.41, 5.74) is 20.4. The Morgan fingerprint density at radius 2 is 1.41 bits per heavy atom. The topological polar surface area (TPSA) is 145 Å². The van der Waals surface area contributed by atoms with Crippen molar-refractivity contribution in [3.8, 4) is 0 Å². The van der Waals surface area contributed by atoms with Gasteiger partial charge in [-0.3, -0.25) is 9.98 Å². The molecule has 4 aromatic rings. The predicted molar refractivity (Wildman–Crippen MR) is 232 cm³/mol. The zero-order valence-corrected chi connectivity index (χ0v) is 35.8. The van der Waals surface area contributed by atoms with Crippen molar-refractivity contribution in [3.63, 3.8) is 0 Å². The van der Waals surface area contributed by atoms with E-state index in [0.29, 0.717) is 44.7 Å². The number of rotatable bonds is 4. The lowest BCUT2D eigenvalue weighted by atomic mass is 9.73. The van der Waals surface area contributed by atoms with Gasteiger partial charge >= 0.3 is 0 Å². The fourth-order valence-corrected chi connectivity index (χ4v) is 10.7. The molecule has 3 aromatic heterocycles. The molecule has 1 saturated carbocycles. The molecule has 4 atom stereocenters. The molecule has 4 N–H and O–H groups in total. The summed E-state index contributed by atoms with van der Waals surface area (Å²) in [5, 5.41) is 1.78. The molecule has 0 unspecified atom stereocenters. The van der Waals surface area contributed by atoms with Crippen LogP contribution in [0.25, 0.3) is 5.57 Å². The Morgan fingerprint density at radius 1 is 0.741 bits per heavy atom. The normalized spacial score (nSPS) is 25.4. The predicted octanol–water partition coefficient (Wildman–Crippen LogP) is 7.98. The van der Waals surface area contributed by atoms with Crippen molar-refractivity contribution in [2.75, 3.05) is 42.6 Å². The lowest BCUT2D eigenvalue weighted by molar-refractivity contribution is 0.0974. The van der Waals surface area contributed by atoms with E-state index in [1.165, 1.54) is 12.8 Å². The number of aliphatic imine (C=N–C) groups is 1. The molecule has 6 aliphatic rings. The molecule has 11 nitrogen and oxygen atoms in total. The maximum atomic E-state index is 6.57. The lowest BCUT2D eigenvalue weighted by Gasteiger charge is -2.43. The van der Waals surface area contributed by atoms with E-state index in [4.69, 9.17) is 77.6 Å². The van der Waals surface area contributed by atoms with Gasteiger partial charge < -0.3 is 26.0 Å². The minimum absolute atomic E-state index is 0.0910. The fourth-order valence-electron chi connectivity index (χ4n) is 9.98. The van der Waals surface area contributed by atoms with Gasteiger partial charge in [0.1, 0.15) is 22.5 Å². The summed E-state index contributed by atoms with van der Waals surface area (Å²) in [6.45, 7) is 9.42. The first kappa shape index (κ1) is 40.0. The number of hydrogen-bond acceptors (Lipinski definition) is 11. The molecule has 304 valence electrons. The van der Waals surface area contributed by atoms with Gasteiger partial charge in [0, 0.05) is 73.0 Å². The molecule has 4 aliphatic heterocycles. The minimum atomic E-state index is 0.0910. The summed E-state index contributed by atoms with van der Waals surface area (Å²) in [6.07, 6.45) is 15.2. The van der Waals surface area contributed by atoms with Crippen LogP contribution < -0.4 is 21.3 Å². The van der Waals surface area contributed by atoms with Gasteiger partial charge in [-0.25, -0.2) is 19.9 Å². The molecule has 15 heteroatoms. The number of nitrogens with zero attached hydrogens (tertiary/aromatic N) is 8. The molecule has 0 bridgehead atoms. The highest BCUT2D eigenvalue weighted by Gasteiger charge is 2.48. The molecule has 3 saturated heterocycles. The number of halogens is 4. The second-order valence-electron chi connectivity index (χ2n) is 16.9. The van der Waals surface area contributed by atoms with Crippen molar-refractivity contribution in [1.82, 2.24) is 24.9 Å². The van der Waals surface area contributed by atoms with Crippen molar-refractivity contribution >= 4 is 69.3 Å². The second kappa shape index (κ2) is 15.9. The maximum Gasteiger partial charge on any atom is 0.148 e. The summed E-state index contributed by atoms with van der Waals surface area (Å²) in [5.74, 6) is 2.50. The van der Waals surface area contributed by atoms with E-state index in [-0.39, 0.29) is 22.7 Å². The standard InChI is InChI=1S/C23H26Cl2N4.C20H22Cl2N6O/c1-14-7-8-23(22(14)26)9-11-29(12-10-23)19-13-27-21-16(5-6-18(21)28-19)15-3-2-4-17(24)20(15)25;1-11-18(23)20(10-29-11)3-6-28(7-4-20)14-9-26-17-13(27-14)8-25-16(17)12-2-5-24-19(22)15(12)21/h2-5,13-14,22H,6-12,26H2,1H3;2,5,9,11,18H,3-4,6-8,10,23H2,1H3/t14-,22-;11-,18+/m10/s1. The van der Waals surface area contributed by atoms with Gasteiger partial charge in [0.05, 0.1) is 69.5 Å². The van der Waals surface area contributed by atoms with E-state index >= 15 is 0 Å². The molecular formula is C43H48Cl4N10O. The van der Waals surface area contributed by atoms with E-state index in [1.54, 1.807) is 18.3 Å². The van der Waals surface area contributed by atoms with Gasteiger partial charge in [0.2, 0.25) is 0 Å². The summed E-state index contributed by atoms with van der Waals surface area (Å²) >= 11 is 25.0. The molecule has 7 heterocycles. The van der Waals surface area contributed by atoms with Crippen molar-refractivity contribution < 1.29 is 4.74 Å². The highest BCUT2D eigenvalue weighted by atomic mass is 35.5. The van der Waals surface area contributed by atoms with Gasteiger partial charge in [-0.15, -0.1) is 0 Å². The number of anilines is 2. The van der Waals surface area contributed by atoms with Crippen LogP contribution in [0.1, 0.15) is 86.3 Å². The van der Waals surface area contributed by atoms with Crippen LogP contribution in [-0.2, 0) is 17.7 Å². The number of ether oxygens (including phenoxy) is 1. The third kappa shape index (κ3) is 7.08. The Hall–Kier alpha value is -3.42. The number of fused-ring (bicyclic) bond motifs is 2. The average molecular weight is 863 g/mol. The lowest BCUT2D eigenvalue weighted by Crippen LogP contribution is -2.50. The zero-order valence-electron chi connectivity index (χ0n) is 32.8. The molecular weight excluding hydrogens is 814 g/mol. The Morgan fingerprint density at radius 3 is 2.07 bits per heavy atom. The fraction of sp³-hybridized carbons (Fsp3) is 0.488. The van der Waals surface area contributed by atoms with Crippen molar-refractivity contribution in [2.24, 2.45) is 33.2 Å². The van der Waals surface area contributed by atoms with Crippen LogP contribution in [0.4, 0.5) is 11.6 Å². The first-order chi connectivity index (χ1) is 28.0. The van der Waals surface area contributed by atoms with Crippen LogP contribution in [0, 0.1) is 16.7 Å². The minimum Gasteiger partial charge on any atom is -0.376 e. The Bertz CT molecular complexity index is 2130. The van der Waals surface area contributed by atoms with E-state index in [9.17, 15) is 0 Å². The van der Waals surface area contributed by atoms with Crippen LogP contribution in [0.2, 0.25) is 20.2 Å². The van der Waals surface area contributed by atoms with E-state index < -0.39 is 0 Å². The highest BCUT2D eigenvalue weighted by Crippen LogP contribution is 2.48. The van der Waals surface area contributed by atoms with Gasteiger partial charge in [-0.05, 0) is 68.9 Å². The first-order valence-corrected chi connectivity index (χ1v) is 21.8. The summed E-state index contributed by atoms with van der Waals surface area (Å²) in [7, 11) is 0. The smallest absolute Gasteiger partial charge is 0.148 e. The highest BCUT2D eigenvalue weighted by molar-refractivity contribution is 6.44. The third-order valence-corrected chi connectivity index (χ3v) is 15.4. The van der Waals surface area contributed by atoms with Gasteiger partial charge in [-0.2, -0.15) is 0 Å². The Labute approximate surface area is 359 Å². The summed E-state index contributed by atoms with van der Waals surface area (Å²) in [4.78, 5) is 32.5. The number of aromatic nitrogens is 5. The van der Waals surface area contributed by atoms with Crippen LogP contribution in [0.5, 0.6) is 0 Å². The second-order valence-corrected chi connectivity index (χ2v) is 18.4. The Kier molecular flexibility index (Phi) is 11.0. The molecule has 1 aromatic carbocycles. The third-order valence-electron chi connectivity index (χ3n) is 13.8. The molecule has 0 radical (unpaired) electrons. The van der Waals surface area contributed by atoms with Crippen LogP contribution >= 0.6 is 46.4 Å². The van der Waals surface area contributed by atoms with Crippen molar-refractivity contribution in [2.45, 2.75) is 83.5 Å². The number of piperidine rings is 2. The molecule has 2 aliphatic carbocycles. The summed E-state index contributed by atoms with van der Waals surface area (Å²) < 4.78 is 5.82. The number of pyridine rings is 1. The van der Waals surface area contributed by atoms with E-state index in [2.05, 4.69) is 44.7 Å². The molecule has 0 amide bonds. The maximum absolute atomic E-state index is 6.57. The SMILES string of the molecule is C[C@@H]1CCC2(CCN(c3cnc4c(n3)CC=C4c3cccc(Cl)c3Cl)CC2)[C@@H]1N.C[C@@H]1OCC2(CCN(c3cnc4c(n3)CN=C4c3ccnc(Cl)c3Cl)CC2)[C@@H]1N. The summed E-state index contributed by atoms with van der Waals surface area (Å²) in [6, 6.07) is 7.95. The molecule has 2 spiro atoms. The molecule has 10 rings (SSSR count). The molecule has 4 fully saturated rings. The van der Waals surface area contributed by atoms with Gasteiger partial charge in [0.15, 0.2) is 0 Å². The zero-order chi connectivity index (χ0) is 40.3. The van der Waals surface area contributed by atoms with Crippen molar-refractivity contribution in [1.29, 1.82) is 0 Å². The first-order valence-electron chi connectivity index (χ1n) is 20.3.